The highest BCUT2D eigenvalue weighted by molar-refractivity contribution is 8.26. The highest BCUT2D eigenvalue weighted by Crippen LogP contribution is 2.60. The minimum Gasteiger partial charge on any atom is -0.362 e. The molecule has 7 heteroatoms. The van der Waals surface area contributed by atoms with Crippen LogP contribution in [0.15, 0.2) is 23.2 Å². The van der Waals surface area contributed by atoms with Crippen molar-refractivity contribution in [2.75, 3.05) is 0 Å². The predicted molar refractivity (Wildman–Crippen MR) is 105 cm³/mol. The van der Waals surface area contributed by atoms with Gasteiger partial charge in [0, 0.05) is 11.9 Å². The topological polar surface area (TPSA) is 65.2 Å². The zero-order valence-electron chi connectivity index (χ0n) is 14.4. The van der Waals surface area contributed by atoms with E-state index in [9.17, 15) is 9.59 Å². The summed E-state index contributed by atoms with van der Waals surface area (Å²) in [5, 5.41) is 1.27. The molecule has 0 aromatic carbocycles. The van der Waals surface area contributed by atoms with E-state index in [0.717, 1.165) is 25.0 Å². The molecule has 1 aromatic heterocycles. The second kappa shape index (κ2) is 5.96. The Morgan fingerprint density at radius 2 is 1.92 bits per heavy atom. The third-order valence-corrected chi connectivity index (χ3v) is 7.74. The van der Waals surface area contributed by atoms with Gasteiger partial charge < -0.3 is 4.98 Å². The fourth-order valence-corrected chi connectivity index (χ4v) is 6.92. The maximum absolute atomic E-state index is 13.2. The molecule has 0 unspecified atom stereocenters. The van der Waals surface area contributed by atoms with Crippen LogP contribution in [0, 0.1) is 23.2 Å². The van der Waals surface area contributed by atoms with Crippen LogP contribution in [-0.4, -0.2) is 26.1 Å². The van der Waals surface area contributed by atoms with Crippen LogP contribution < -0.4 is 5.43 Å². The zero-order valence-corrected chi connectivity index (χ0v) is 16.0. The third kappa shape index (κ3) is 2.63. The molecule has 2 heterocycles. The Kier molecular flexibility index (Phi) is 3.79. The van der Waals surface area contributed by atoms with Gasteiger partial charge in [-0.05, 0) is 86.7 Å². The monoisotopic (exact) mass is 387 g/mol. The maximum atomic E-state index is 13.2. The summed E-state index contributed by atoms with van der Waals surface area (Å²) in [6.07, 6.45) is 10.3. The first kappa shape index (κ1) is 16.6. The van der Waals surface area contributed by atoms with Crippen LogP contribution in [0.5, 0.6) is 0 Å². The molecule has 1 aliphatic heterocycles. The van der Waals surface area contributed by atoms with Gasteiger partial charge in [-0.2, -0.15) is 5.01 Å². The fraction of sp³-hybridized carbons (Fsp3) is 0.526. The van der Waals surface area contributed by atoms with E-state index in [1.165, 1.54) is 36.0 Å². The van der Waals surface area contributed by atoms with Gasteiger partial charge in [-0.15, -0.1) is 0 Å². The van der Waals surface area contributed by atoms with Crippen molar-refractivity contribution in [3.8, 4) is 0 Å². The van der Waals surface area contributed by atoms with Crippen LogP contribution >= 0.6 is 24.0 Å². The summed E-state index contributed by atoms with van der Waals surface area (Å²) in [6.45, 7) is 0. The Hall–Kier alpha value is -1.60. The van der Waals surface area contributed by atoms with Crippen LogP contribution in [0.25, 0.3) is 6.08 Å². The second-order valence-corrected chi connectivity index (χ2v) is 9.96. The zero-order chi connectivity index (χ0) is 17.9. The average molecular weight is 388 g/mol. The highest BCUT2D eigenvalue weighted by atomic mass is 32.2. The van der Waals surface area contributed by atoms with Crippen LogP contribution in [0.4, 0.5) is 0 Å². The molecule has 5 fully saturated rings. The predicted octanol–water partition coefficient (Wildman–Crippen LogP) is 3.46. The van der Waals surface area contributed by atoms with Crippen LogP contribution in [0.2, 0.25) is 0 Å². The van der Waals surface area contributed by atoms with Gasteiger partial charge in [0.15, 0.2) is 4.32 Å². The molecule has 4 saturated carbocycles. The van der Waals surface area contributed by atoms with Crippen LogP contribution in [-0.2, 0) is 9.59 Å². The highest BCUT2D eigenvalue weighted by Gasteiger charge is 2.55. The molecule has 5 nitrogen and oxygen atoms in total. The number of nitrogens with zero attached hydrogens (tertiary/aromatic N) is 1. The van der Waals surface area contributed by atoms with Crippen LogP contribution in [0.3, 0.4) is 0 Å². The number of thioether (sulfide) groups is 1. The van der Waals surface area contributed by atoms with Crippen molar-refractivity contribution in [1.82, 2.24) is 15.4 Å². The lowest BCUT2D eigenvalue weighted by atomic mass is 9.49. The summed E-state index contributed by atoms with van der Waals surface area (Å²) in [4.78, 5) is 29.5. The van der Waals surface area contributed by atoms with Gasteiger partial charge in [-0.3, -0.25) is 15.0 Å². The number of carbonyl (C=O) groups excluding carboxylic acids is 2. The molecule has 4 aliphatic carbocycles. The summed E-state index contributed by atoms with van der Waals surface area (Å²) in [5.41, 5.74) is 3.43. The number of hydrogen-bond acceptors (Lipinski definition) is 4. The third-order valence-electron chi connectivity index (χ3n) is 6.44. The molecule has 0 spiro atoms. The second-order valence-electron chi connectivity index (χ2n) is 8.28. The number of aromatic nitrogens is 1. The Labute approximate surface area is 161 Å². The summed E-state index contributed by atoms with van der Waals surface area (Å²) < 4.78 is 0.394. The maximum Gasteiger partial charge on any atom is 0.285 e. The van der Waals surface area contributed by atoms with Crippen molar-refractivity contribution in [2.24, 2.45) is 23.2 Å². The van der Waals surface area contributed by atoms with Crippen molar-refractivity contribution in [3.05, 3.63) is 28.9 Å². The molecule has 1 aromatic rings. The molecule has 136 valence electrons. The number of amides is 2. The van der Waals surface area contributed by atoms with E-state index >= 15 is 0 Å². The molecular weight excluding hydrogens is 366 g/mol. The molecule has 5 aliphatic rings. The van der Waals surface area contributed by atoms with Gasteiger partial charge in [-0.1, -0.05) is 11.8 Å². The van der Waals surface area contributed by atoms with Crippen molar-refractivity contribution in [1.29, 1.82) is 0 Å². The van der Waals surface area contributed by atoms with E-state index in [0.29, 0.717) is 27.0 Å². The van der Waals surface area contributed by atoms with Gasteiger partial charge in [-0.25, -0.2) is 0 Å². The summed E-state index contributed by atoms with van der Waals surface area (Å²) in [6, 6.07) is 3.77. The Morgan fingerprint density at radius 1 is 1.27 bits per heavy atom. The standard InChI is InChI=1S/C19H21N3O2S2/c23-16-15(7-14-2-1-3-20-14)26-18(25)22(16)21-17(24)19-8-11-4-12(9-19)6-13(5-11)10-19/h1-3,7,11-13,20H,4-6,8-10H2,(H,21,24)/b15-7+. The molecule has 26 heavy (non-hydrogen) atoms. The summed E-state index contributed by atoms with van der Waals surface area (Å²) >= 11 is 6.59. The quantitative estimate of drug-likeness (QED) is 0.616. The van der Waals surface area contributed by atoms with Gasteiger partial charge >= 0.3 is 0 Å². The molecule has 2 N–H and O–H groups in total. The molecule has 6 rings (SSSR count). The van der Waals surface area contributed by atoms with E-state index in [1.807, 2.05) is 12.1 Å². The van der Waals surface area contributed by atoms with E-state index in [2.05, 4.69) is 10.4 Å². The first-order chi connectivity index (χ1) is 12.5. The van der Waals surface area contributed by atoms with Crippen molar-refractivity contribution in [3.63, 3.8) is 0 Å². The molecule has 0 radical (unpaired) electrons. The lowest BCUT2D eigenvalue weighted by molar-refractivity contribution is -0.152. The van der Waals surface area contributed by atoms with E-state index < -0.39 is 0 Å². The minimum absolute atomic E-state index is 0.00553. The fourth-order valence-electron chi connectivity index (χ4n) is 5.75. The van der Waals surface area contributed by atoms with Gasteiger partial charge in [0.25, 0.3) is 5.91 Å². The molecule has 0 atom stereocenters. The van der Waals surface area contributed by atoms with Crippen molar-refractivity contribution in [2.45, 2.75) is 38.5 Å². The summed E-state index contributed by atoms with van der Waals surface area (Å²) in [5.74, 6) is 1.81. The first-order valence-corrected chi connectivity index (χ1v) is 10.5. The Balaban J connectivity index is 1.34. The first-order valence-electron chi connectivity index (χ1n) is 9.25. The largest absolute Gasteiger partial charge is 0.362 e. The van der Waals surface area contributed by atoms with Crippen molar-refractivity contribution >= 4 is 46.2 Å². The average Bonchev–Trinajstić information content (AvgIpc) is 3.18. The van der Waals surface area contributed by atoms with Gasteiger partial charge in [0.05, 0.1) is 10.3 Å². The molecule has 4 bridgehead atoms. The van der Waals surface area contributed by atoms with E-state index in [1.54, 1.807) is 12.3 Å². The summed E-state index contributed by atoms with van der Waals surface area (Å²) in [7, 11) is 0. The van der Waals surface area contributed by atoms with Crippen molar-refractivity contribution < 1.29 is 9.59 Å². The smallest absolute Gasteiger partial charge is 0.285 e. The molecular formula is C19H21N3O2S2. The molecule has 1 saturated heterocycles. The normalized spacial score (nSPS) is 37.0. The molecule has 2 amide bonds. The lowest BCUT2D eigenvalue weighted by Gasteiger charge is -2.55. The van der Waals surface area contributed by atoms with Crippen LogP contribution in [0.1, 0.15) is 44.2 Å². The minimum atomic E-state index is -0.290. The number of hydrazine groups is 1. The Bertz CT molecular complexity index is 779. The van der Waals surface area contributed by atoms with E-state index in [4.69, 9.17) is 12.2 Å². The number of nitrogens with one attached hydrogen (secondary N) is 2. The number of thiocarbonyl (C=S) groups is 1. The Morgan fingerprint density at radius 3 is 2.50 bits per heavy atom. The van der Waals surface area contributed by atoms with Gasteiger partial charge in [0.2, 0.25) is 5.91 Å². The number of H-pyrrole nitrogens is 1. The number of hydrogen-bond donors (Lipinski definition) is 2. The van der Waals surface area contributed by atoms with E-state index in [-0.39, 0.29) is 17.2 Å². The SMILES string of the molecule is O=C1/C(=C\c2ccc[nH]2)SC(=S)N1NC(=O)C12CC3CC(CC(C3)C1)C2. The number of aromatic amines is 1. The van der Waals surface area contributed by atoms with Gasteiger partial charge in [0.1, 0.15) is 0 Å². The number of carbonyl (C=O) groups is 2. The number of rotatable bonds is 3. The lowest BCUT2D eigenvalue weighted by Crippen LogP contribution is -2.57.